The molecular formula is C11H15N7O. The molecule has 2 rings (SSSR count). The molecule has 0 aliphatic carbocycles. The SMILES string of the molecule is CN(Cc1nccn1C)c1nccc(/C(N)=N/O)n1. The summed E-state index contributed by atoms with van der Waals surface area (Å²) < 4.78 is 1.92. The van der Waals surface area contributed by atoms with Crippen LogP contribution in [0.1, 0.15) is 11.5 Å². The van der Waals surface area contributed by atoms with Crippen molar-refractivity contribution in [2.45, 2.75) is 6.54 Å². The second-order valence-electron chi connectivity index (χ2n) is 4.04. The van der Waals surface area contributed by atoms with Crippen LogP contribution in [0.2, 0.25) is 0 Å². The van der Waals surface area contributed by atoms with Crippen LogP contribution >= 0.6 is 0 Å². The van der Waals surface area contributed by atoms with E-state index in [1.54, 1.807) is 18.5 Å². The van der Waals surface area contributed by atoms with Crippen LogP contribution in [0.3, 0.4) is 0 Å². The van der Waals surface area contributed by atoms with Crippen LogP contribution in [-0.2, 0) is 13.6 Å². The summed E-state index contributed by atoms with van der Waals surface area (Å²) in [7, 11) is 3.77. The Morgan fingerprint density at radius 2 is 2.26 bits per heavy atom. The number of rotatable bonds is 4. The molecule has 19 heavy (non-hydrogen) atoms. The van der Waals surface area contributed by atoms with Gasteiger partial charge in [0.15, 0.2) is 5.84 Å². The maximum absolute atomic E-state index is 8.64. The largest absolute Gasteiger partial charge is 0.409 e. The number of aromatic nitrogens is 4. The molecule has 0 saturated carbocycles. The molecule has 8 nitrogen and oxygen atoms in total. The third-order valence-corrected chi connectivity index (χ3v) is 2.65. The van der Waals surface area contributed by atoms with E-state index >= 15 is 0 Å². The molecule has 0 atom stereocenters. The number of aryl methyl sites for hydroxylation is 1. The standard InChI is InChI=1S/C11H15N7O/c1-17-6-5-13-9(17)7-18(2)11-14-4-3-8(15-11)10(12)16-19/h3-6,19H,7H2,1-2H3,(H2,12,16). The van der Waals surface area contributed by atoms with E-state index in [0.717, 1.165) is 5.82 Å². The Balaban J connectivity index is 2.20. The van der Waals surface area contributed by atoms with Crippen molar-refractivity contribution in [1.82, 2.24) is 19.5 Å². The zero-order valence-corrected chi connectivity index (χ0v) is 10.7. The number of anilines is 1. The van der Waals surface area contributed by atoms with E-state index in [2.05, 4.69) is 20.1 Å². The molecule has 0 radical (unpaired) electrons. The van der Waals surface area contributed by atoms with Crippen molar-refractivity contribution in [3.8, 4) is 0 Å². The van der Waals surface area contributed by atoms with E-state index in [9.17, 15) is 0 Å². The zero-order valence-electron chi connectivity index (χ0n) is 10.7. The van der Waals surface area contributed by atoms with E-state index in [0.29, 0.717) is 18.2 Å². The van der Waals surface area contributed by atoms with Crippen molar-refractivity contribution in [2.75, 3.05) is 11.9 Å². The first-order chi connectivity index (χ1) is 9.11. The van der Waals surface area contributed by atoms with Crippen molar-refractivity contribution in [3.63, 3.8) is 0 Å². The first-order valence-corrected chi connectivity index (χ1v) is 5.60. The van der Waals surface area contributed by atoms with Gasteiger partial charge in [-0.2, -0.15) is 0 Å². The van der Waals surface area contributed by atoms with Crippen LogP contribution in [0.15, 0.2) is 29.8 Å². The van der Waals surface area contributed by atoms with Gasteiger partial charge in [-0.1, -0.05) is 5.16 Å². The van der Waals surface area contributed by atoms with Gasteiger partial charge in [0.05, 0.1) is 6.54 Å². The van der Waals surface area contributed by atoms with Gasteiger partial charge in [-0.15, -0.1) is 0 Å². The van der Waals surface area contributed by atoms with E-state index in [1.165, 1.54) is 0 Å². The second kappa shape index (κ2) is 5.34. The predicted molar refractivity (Wildman–Crippen MR) is 69.9 cm³/mol. The van der Waals surface area contributed by atoms with Crippen molar-refractivity contribution >= 4 is 11.8 Å². The average molecular weight is 261 g/mol. The number of hydrogen-bond acceptors (Lipinski definition) is 6. The van der Waals surface area contributed by atoms with Crippen LogP contribution in [0.25, 0.3) is 0 Å². The van der Waals surface area contributed by atoms with Crippen molar-refractivity contribution in [2.24, 2.45) is 17.9 Å². The average Bonchev–Trinajstić information content (AvgIpc) is 2.83. The fraction of sp³-hybridized carbons (Fsp3) is 0.273. The molecule has 2 heterocycles. The molecule has 0 bridgehead atoms. The Kier molecular flexibility index (Phi) is 3.60. The molecule has 100 valence electrons. The van der Waals surface area contributed by atoms with Crippen molar-refractivity contribution in [1.29, 1.82) is 0 Å². The van der Waals surface area contributed by atoms with Gasteiger partial charge in [-0.3, -0.25) is 0 Å². The number of nitrogens with two attached hydrogens (primary N) is 1. The van der Waals surface area contributed by atoms with E-state index in [1.807, 2.05) is 29.8 Å². The Morgan fingerprint density at radius 3 is 2.89 bits per heavy atom. The van der Waals surface area contributed by atoms with Gasteiger partial charge < -0.3 is 20.4 Å². The minimum atomic E-state index is -0.0472. The van der Waals surface area contributed by atoms with Crippen molar-refractivity contribution < 1.29 is 5.21 Å². The van der Waals surface area contributed by atoms with Crippen LogP contribution in [0.4, 0.5) is 5.95 Å². The van der Waals surface area contributed by atoms with Gasteiger partial charge in [-0.05, 0) is 6.07 Å². The van der Waals surface area contributed by atoms with Crippen LogP contribution in [0, 0.1) is 0 Å². The van der Waals surface area contributed by atoms with Gasteiger partial charge in [0.1, 0.15) is 11.5 Å². The summed E-state index contributed by atoms with van der Waals surface area (Å²) in [6.45, 7) is 0.559. The molecule has 0 fully saturated rings. The molecule has 0 unspecified atom stereocenters. The fourth-order valence-electron chi connectivity index (χ4n) is 1.56. The first kappa shape index (κ1) is 12.8. The third kappa shape index (κ3) is 2.79. The molecule has 0 saturated heterocycles. The van der Waals surface area contributed by atoms with Gasteiger partial charge in [0.25, 0.3) is 0 Å². The maximum atomic E-state index is 8.64. The van der Waals surface area contributed by atoms with Gasteiger partial charge in [0, 0.05) is 32.7 Å². The Morgan fingerprint density at radius 1 is 1.47 bits per heavy atom. The summed E-state index contributed by atoms with van der Waals surface area (Å²) in [5.74, 6) is 1.32. The molecule has 8 heteroatoms. The highest BCUT2D eigenvalue weighted by Gasteiger charge is 2.10. The molecule has 0 amide bonds. The molecule has 2 aromatic heterocycles. The van der Waals surface area contributed by atoms with E-state index in [-0.39, 0.29) is 5.84 Å². The molecule has 0 aliphatic heterocycles. The summed E-state index contributed by atoms with van der Waals surface area (Å²) in [5, 5.41) is 11.6. The zero-order chi connectivity index (χ0) is 13.8. The van der Waals surface area contributed by atoms with Crippen LogP contribution in [-0.4, -0.2) is 37.6 Å². The number of hydrogen-bond donors (Lipinski definition) is 2. The number of amidine groups is 1. The normalized spacial score (nSPS) is 11.6. The minimum absolute atomic E-state index is 0.0472. The minimum Gasteiger partial charge on any atom is -0.409 e. The lowest BCUT2D eigenvalue weighted by atomic mass is 10.4. The molecule has 3 N–H and O–H groups in total. The number of imidazole rings is 1. The molecule has 2 aromatic rings. The highest BCUT2D eigenvalue weighted by atomic mass is 16.4. The smallest absolute Gasteiger partial charge is 0.226 e. The lowest BCUT2D eigenvalue weighted by Gasteiger charge is -2.16. The summed E-state index contributed by atoms with van der Waals surface area (Å²) in [4.78, 5) is 14.4. The number of nitrogens with zero attached hydrogens (tertiary/aromatic N) is 6. The Bertz CT molecular complexity index is 592. The fourth-order valence-corrected chi connectivity index (χ4v) is 1.56. The summed E-state index contributed by atoms with van der Waals surface area (Å²) in [6.07, 6.45) is 5.17. The van der Waals surface area contributed by atoms with Gasteiger partial charge in [-0.25, -0.2) is 15.0 Å². The van der Waals surface area contributed by atoms with Crippen LogP contribution in [0.5, 0.6) is 0 Å². The monoisotopic (exact) mass is 261 g/mol. The van der Waals surface area contributed by atoms with Crippen LogP contribution < -0.4 is 10.6 Å². The molecular weight excluding hydrogens is 246 g/mol. The molecule has 0 spiro atoms. The predicted octanol–water partition coefficient (Wildman–Crippen LogP) is -0.0590. The summed E-state index contributed by atoms with van der Waals surface area (Å²) in [6, 6.07) is 1.58. The maximum Gasteiger partial charge on any atom is 0.226 e. The van der Waals surface area contributed by atoms with E-state index < -0.39 is 0 Å². The van der Waals surface area contributed by atoms with Gasteiger partial charge in [0.2, 0.25) is 5.95 Å². The van der Waals surface area contributed by atoms with E-state index in [4.69, 9.17) is 10.9 Å². The molecule has 0 aliphatic rings. The highest BCUT2D eigenvalue weighted by Crippen LogP contribution is 2.09. The Hall–Kier alpha value is -2.64. The quantitative estimate of drug-likeness (QED) is 0.346. The summed E-state index contributed by atoms with van der Waals surface area (Å²) in [5.41, 5.74) is 5.87. The van der Waals surface area contributed by atoms with Gasteiger partial charge >= 0.3 is 0 Å². The first-order valence-electron chi connectivity index (χ1n) is 5.60. The third-order valence-electron chi connectivity index (χ3n) is 2.65. The summed E-state index contributed by atoms with van der Waals surface area (Å²) >= 11 is 0. The highest BCUT2D eigenvalue weighted by molar-refractivity contribution is 5.95. The lowest BCUT2D eigenvalue weighted by molar-refractivity contribution is 0.318. The van der Waals surface area contributed by atoms with Crippen molar-refractivity contribution in [3.05, 3.63) is 36.2 Å². The molecule has 0 aromatic carbocycles. The Labute approximate surface area is 110 Å². The topological polar surface area (TPSA) is 105 Å². The lowest BCUT2D eigenvalue weighted by Crippen LogP contribution is -2.23. The second-order valence-corrected chi connectivity index (χ2v) is 4.04. The number of oxime groups is 1.